The van der Waals surface area contributed by atoms with E-state index in [0.29, 0.717) is 0 Å². The Kier molecular flexibility index (Phi) is 4.66. The zero-order chi connectivity index (χ0) is 8.81. The summed E-state index contributed by atoms with van der Waals surface area (Å²) in [5, 5.41) is 0. The van der Waals surface area contributed by atoms with Crippen LogP contribution in [0.15, 0.2) is 24.3 Å². The van der Waals surface area contributed by atoms with Crippen LogP contribution in [0.25, 0.3) is 0 Å². The van der Waals surface area contributed by atoms with Crippen LogP contribution in [0.3, 0.4) is 0 Å². The van der Waals surface area contributed by atoms with Gasteiger partial charge in [-0.25, -0.2) is 0 Å². The molecule has 0 spiro atoms. The summed E-state index contributed by atoms with van der Waals surface area (Å²) < 4.78 is 3.07. The average molecular weight is 276 g/mol. The molecule has 0 aliphatic rings. The minimum atomic E-state index is 0.137. The fourth-order valence-electron chi connectivity index (χ4n) is 0.969. The van der Waals surface area contributed by atoms with E-state index in [1.165, 1.54) is 22.8 Å². The number of rotatable bonds is 4. The Morgan fingerprint density at radius 2 is 1.83 bits per heavy atom. The molecule has 0 saturated carbocycles. The first-order chi connectivity index (χ1) is 5.83. The minimum absolute atomic E-state index is 0.137. The first-order valence-electron chi connectivity index (χ1n) is 4.52. The second-order valence-corrected chi connectivity index (χ2v) is 6.35. The molecule has 0 atom stereocenters. The van der Waals surface area contributed by atoms with Gasteiger partial charge in [0.25, 0.3) is 0 Å². The molecule has 0 fully saturated rings. The van der Waals surface area contributed by atoms with Crippen LogP contribution in [0, 0.1) is 10.5 Å². The number of alkyl halides is 1. The van der Waals surface area contributed by atoms with Crippen LogP contribution in [-0.4, -0.2) is 4.43 Å². The molecule has 1 aromatic rings. The SMILES string of the molecule is CCCC[IH]c1ccc(C)cc1. The van der Waals surface area contributed by atoms with E-state index in [2.05, 4.69) is 38.1 Å². The third kappa shape index (κ3) is 3.57. The molecule has 0 aliphatic heterocycles. The van der Waals surface area contributed by atoms with Gasteiger partial charge in [0.05, 0.1) is 0 Å². The number of halogens is 1. The molecule has 0 heterocycles. The second-order valence-electron chi connectivity index (χ2n) is 3.02. The van der Waals surface area contributed by atoms with Crippen molar-refractivity contribution in [1.29, 1.82) is 0 Å². The topological polar surface area (TPSA) is 0 Å². The van der Waals surface area contributed by atoms with Gasteiger partial charge < -0.3 is 0 Å². The van der Waals surface area contributed by atoms with E-state index in [0.717, 1.165) is 0 Å². The molecule has 0 aliphatic carbocycles. The normalized spacial score (nSPS) is 10.5. The molecule has 12 heavy (non-hydrogen) atoms. The summed E-state index contributed by atoms with van der Waals surface area (Å²) in [6.45, 7) is 4.42. The summed E-state index contributed by atoms with van der Waals surface area (Å²) in [5.74, 6) is 0. The van der Waals surface area contributed by atoms with E-state index in [1.807, 2.05) is 0 Å². The van der Waals surface area contributed by atoms with Crippen LogP contribution >= 0.6 is 21.2 Å². The number of hydrogen-bond acceptors (Lipinski definition) is 0. The maximum absolute atomic E-state index is 2.30. The molecule has 1 heteroatoms. The van der Waals surface area contributed by atoms with Crippen molar-refractivity contribution in [3.63, 3.8) is 0 Å². The number of benzene rings is 1. The predicted octanol–water partition coefficient (Wildman–Crippen LogP) is 3.67. The van der Waals surface area contributed by atoms with Crippen molar-refractivity contribution in [3.8, 4) is 0 Å². The Morgan fingerprint density at radius 3 is 2.42 bits per heavy atom. The summed E-state index contributed by atoms with van der Waals surface area (Å²) >= 11 is 0.137. The number of hydrogen-bond donors (Lipinski definition) is 0. The first-order valence-corrected chi connectivity index (χ1v) is 7.33. The van der Waals surface area contributed by atoms with Gasteiger partial charge in [0.1, 0.15) is 0 Å². The Bertz CT molecular complexity index is 213. The second kappa shape index (κ2) is 5.57. The van der Waals surface area contributed by atoms with Crippen molar-refractivity contribution in [2.45, 2.75) is 26.7 Å². The van der Waals surface area contributed by atoms with Crippen molar-refractivity contribution >= 4 is 21.2 Å². The molecule has 0 N–H and O–H groups in total. The van der Waals surface area contributed by atoms with Crippen molar-refractivity contribution < 1.29 is 0 Å². The van der Waals surface area contributed by atoms with E-state index in [-0.39, 0.29) is 21.2 Å². The van der Waals surface area contributed by atoms with Gasteiger partial charge in [-0.2, -0.15) is 0 Å². The zero-order valence-electron chi connectivity index (χ0n) is 7.84. The van der Waals surface area contributed by atoms with Gasteiger partial charge in [0.2, 0.25) is 0 Å². The van der Waals surface area contributed by atoms with Gasteiger partial charge in [-0.15, -0.1) is 0 Å². The molecule has 1 aromatic carbocycles. The van der Waals surface area contributed by atoms with Gasteiger partial charge in [0.15, 0.2) is 0 Å². The van der Waals surface area contributed by atoms with Gasteiger partial charge in [-0.1, -0.05) is 0 Å². The van der Waals surface area contributed by atoms with Crippen LogP contribution in [0.2, 0.25) is 0 Å². The fourth-order valence-corrected chi connectivity index (χ4v) is 3.82. The van der Waals surface area contributed by atoms with E-state index in [4.69, 9.17) is 0 Å². The molecule has 0 radical (unpaired) electrons. The Hall–Kier alpha value is -0.0500. The summed E-state index contributed by atoms with van der Waals surface area (Å²) in [5.41, 5.74) is 1.38. The summed E-state index contributed by atoms with van der Waals surface area (Å²) in [7, 11) is 0. The van der Waals surface area contributed by atoms with Crippen LogP contribution in [0.4, 0.5) is 0 Å². The van der Waals surface area contributed by atoms with Crippen molar-refractivity contribution in [3.05, 3.63) is 33.4 Å². The summed E-state index contributed by atoms with van der Waals surface area (Å²) in [6, 6.07) is 9.05. The third-order valence-electron chi connectivity index (χ3n) is 1.79. The molecule has 0 aromatic heterocycles. The Balaban J connectivity index is 2.37. The number of unbranched alkanes of at least 4 members (excludes halogenated alkanes) is 1. The predicted molar refractivity (Wildman–Crippen MR) is 65.1 cm³/mol. The standard InChI is InChI=1S/C11H17I/c1-3-4-9-12-11-7-5-10(2)6-8-11/h5-8,12H,3-4,9H2,1-2H3. The third-order valence-corrected chi connectivity index (χ3v) is 4.92. The van der Waals surface area contributed by atoms with Crippen molar-refractivity contribution in [1.82, 2.24) is 0 Å². The molecule has 0 saturated heterocycles. The van der Waals surface area contributed by atoms with Gasteiger partial charge >= 0.3 is 85.7 Å². The molecular formula is C11H17I. The van der Waals surface area contributed by atoms with Crippen LogP contribution < -0.4 is 0 Å². The zero-order valence-corrected chi connectivity index (χ0v) is 10.2. The van der Waals surface area contributed by atoms with Crippen molar-refractivity contribution in [2.24, 2.45) is 0 Å². The summed E-state index contributed by atoms with van der Waals surface area (Å²) in [4.78, 5) is 0. The van der Waals surface area contributed by atoms with E-state index in [9.17, 15) is 0 Å². The molecule has 68 valence electrons. The summed E-state index contributed by atoms with van der Waals surface area (Å²) in [6.07, 6.45) is 2.76. The van der Waals surface area contributed by atoms with Gasteiger partial charge in [-0.3, -0.25) is 0 Å². The maximum atomic E-state index is 2.30. The average Bonchev–Trinajstić information content (AvgIpc) is 2.09. The molecule has 0 unspecified atom stereocenters. The molecule has 0 amide bonds. The van der Waals surface area contributed by atoms with Gasteiger partial charge in [-0.05, 0) is 0 Å². The van der Waals surface area contributed by atoms with Crippen molar-refractivity contribution in [2.75, 3.05) is 4.43 Å². The van der Waals surface area contributed by atoms with E-state index < -0.39 is 0 Å². The molecule has 0 bridgehead atoms. The first kappa shape index (κ1) is 10.0. The van der Waals surface area contributed by atoms with Gasteiger partial charge in [0, 0.05) is 0 Å². The van der Waals surface area contributed by atoms with Crippen LogP contribution in [-0.2, 0) is 0 Å². The molecule has 1 rings (SSSR count). The Morgan fingerprint density at radius 1 is 1.17 bits per heavy atom. The van der Waals surface area contributed by atoms with Crippen LogP contribution in [0.1, 0.15) is 25.3 Å². The molecular weight excluding hydrogens is 259 g/mol. The monoisotopic (exact) mass is 276 g/mol. The quantitative estimate of drug-likeness (QED) is 0.447. The molecule has 0 nitrogen and oxygen atoms in total. The number of aryl methyl sites for hydroxylation is 1. The fraction of sp³-hybridized carbons (Fsp3) is 0.455. The van der Waals surface area contributed by atoms with Crippen LogP contribution in [0.5, 0.6) is 0 Å². The van der Waals surface area contributed by atoms with E-state index >= 15 is 0 Å². The van der Waals surface area contributed by atoms with E-state index in [1.54, 1.807) is 3.57 Å². The Labute approximate surface area is 85.6 Å².